The van der Waals surface area contributed by atoms with E-state index in [4.69, 9.17) is 4.74 Å². The van der Waals surface area contributed by atoms with Crippen molar-refractivity contribution in [1.29, 1.82) is 0 Å². The Hall–Kier alpha value is -4.20. The quantitative estimate of drug-likeness (QED) is 0.343. The summed E-state index contributed by atoms with van der Waals surface area (Å²) in [6.07, 6.45) is 2.97. The number of methoxy groups -OCH3 is 1. The molecule has 3 rings (SSSR count). The van der Waals surface area contributed by atoms with Crippen molar-refractivity contribution < 1.29 is 28.7 Å². The zero-order valence-electron chi connectivity index (χ0n) is 16.1. The minimum absolute atomic E-state index is 0.201. The molecule has 0 atom stereocenters. The highest BCUT2D eigenvalue weighted by atomic mass is 16.5. The van der Waals surface area contributed by atoms with Gasteiger partial charge in [0, 0.05) is 0 Å². The van der Waals surface area contributed by atoms with Gasteiger partial charge in [-0.3, -0.25) is 14.9 Å². The van der Waals surface area contributed by atoms with E-state index in [2.05, 4.69) is 16.6 Å². The summed E-state index contributed by atoms with van der Waals surface area (Å²) in [4.78, 5) is 49.9. The third-order valence-corrected chi connectivity index (χ3v) is 4.19. The molecule has 152 valence electrons. The van der Waals surface area contributed by atoms with Crippen LogP contribution in [0.4, 0.5) is 10.5 Å². The number of nitrogens with one attached hydrogen (secondary N) is 1. The minimum atomic E-state index is -0.879. The molecule has 1 aliphatic heterocycles. The Morgan fingerprint density at radius 1 is 1.13 bits per heavy atom. The summed E-state index contributed by atoms with van der Waals surface area (Å²) in [6, 6.07) is 11.6. The molecule has 0 unspecified atom stereocenters. The van der Waals surface area contributed by atoms with Gasteiger partial charge in [0.1, 0.15) is 17.9 Å². The second-order valence-corrected chi connectivity index (χ2v) is 6.17. The van der Waals surface area contributed by atoms with Gasteiger partial charge in [-0.05, 0) is 48.0 Å². The van der Waals surface area contributed by atoms with E-state index in [1.807, 2.05) is 0 Å². The van der Waals surface area contributed by atoms with Crippen LogP contribution in [0.3, 0.4) is 0 Å². The smallest absolute Gasteiger partial charge is 0.337 e. The number of hydrogen-bond donors (Lipinski definition) is 1. The third kappa shape index (κ3) is 4.27. The maximum absolute atomic E-state index is 12.9. The Morgan fingerprint density at radius 3 is 2.53 bits per heavy atom. The summed E-state index contributed by atoms with van der Waals surface area (Å²) in [5.74, 6) is -1.60. The van der Waals surface area contributed by atoms with Gasteiger partial charge in [-0.1, -0.05) is 24.8 Å². The first-order valence-corrected chi connectivity index (χ1v) is 8.88. The van der Waals surface area contributed by atoms with Crippen LogP contribution >= 0.6 is 0 Å². The Kier molecular flexibility index (Phi) is 6.07. The average Bonchev–Trinajstić information content (AvgIpc) is 2.75. The fourth-order valence-electron chi connectivity index (χ4n) is 2.77. The number of nitrogens with zero attached hydrogens (tertiary/aromatic N) is 1. The molecule has 2 aromatic rings. The van der Waals surface area contributed by atoms with Crippen LogP contribution in [-0.2, 0) is 14.3 Å². The van der Waals surface area contributed by atoms with Crippen LogP contribution in [0.15, 0.2) is 66.8 Å². The lowest BCUT2D eigenvalue weighted by Gasteiger charge is -2.26. The molecular weight excluding hydrogens is 388 g/mol. The van der Waals surface area contributed by atoms with Gasteiger partial charge < -0.3 is 9.47 Å². The maximum Gasteiger partial charge on any atom is 0.337 e. The average molecular weight is 406 g/mol. The van der Waals surface area contributed by atoms with Crippen molar-refractivity contribution in [3.8, 4) is 5.75 Å². The Morgan fingerprint density at radius 2 is 1.87 bits per heavy atom. The first-order valence-electron chi connectivity index (χ1n) is 8.88. The molecule has 0 aliphatic carbocycles. The molecule has 1 fully saturated rings. The van der Waals surface area contributed by atoms with Gasteiger partial charge in [-0.15, -0.1) is 0 Å². The van der Waals surface area contributed by atoms with E-state index < -0.39 is 23.8 Å². The number of imide groups is 2. The van der Waals surface area contributed by atoms with E-state index in [-0.39, 0.29) is 16.8 Å². The summed E-state index contributed by atoms with van der Waals surface area (Å²) >= 11 is 0. The molecule has 4 amide bonds. The molecule has 1 heterocycles. The first-order chi connectivity index (χ1) is 14.4. The van der Waals surface area contributed by atoms with Crippen LogP contribution in [0.25, 0.3) is 6.08 Å². The van der Waals surface area contributed by atoms with Crippen LogP contribution in [0, 0.1) is 0 Å². The Labute approximate surface area is 172 Å². The van der Waals surface area contributed by atoms with Crippen LogP contribution in [0.2, 0.25) is 0 Å². The number of urea groups is 1. The molecular formula is C22H18N2O6. The molecule has 1 saturated heterocycles. The molecule has 0 radical (unpaired) electrons. The topological polar surface area (TPSA) is 102 Å². The van der Waals surface area contributed by atoms with Gasteiger partial charge in [0.15, 0.2) is 0 Å². The fourth-order valence-corrected chi connectivity index (χ4v) is 2.77. The van der Waals surface area contributed by atoms with E-state index >= 15 is 0 Å². The number of carbonyl (C=O) groups is 4. The summed E-state index contributed by atoms with van der Waals surface area (Å²) < 4.78 is 10.1. The van der Waals surface area contributed by atoms with Gasteiger partial charge in [0.2, 0.25) is 0 Å². The maximum atomic E-state index is 12.9. The van der Waals surface area contributed by atoms with Gasteiger partial charge >= 0.3 is 12.0 Å². The summed E-state index contributed by atoms with van der Waals surface area (Å²) in [6.45, 7) is 3.89. The lowest BCUT2D eigenvalue weighted by atomic mass is 10.1. The molecule has 0 spiro atoms. The predicted octanol–water partition coefficient (Wildman–Crippen LogP) is 2.70. The van der Waals surface area contributed by atoms with Crippen LogP contribution in [0.1, 0.15) is 15.9 Å². The predicted molar refractivity (Wildman–Crippen MR) is 109 cm³/mol. The summed E-state index contributed by atoms with van der Waals surface area (Å²) in [5, 5.41) is 2.15. The molecule has 30 heavy (non-hydrogen) atoms. The van der Waals surface area contributed by atoms with Crippen molar-refractivity contribution in [3.63, 3.8) is 0 Å². The molecule has 0 bridgehead atoms. The first kappa shape index (κ1) is 20.5. The normalized spacial score (nSPS) is 15.0. The highest BCUT2D eigenvalue weighted by Gasteiger charge is 2.36. The SMILES string of the molecule is C=CCOc1cccc(/C=C2/C(=O)NC(=O)N(c3ccc(C(=O)OC)cc3)C2=O)c1. The Balaban J connectivity index is 1.92. The molecule has 8 nitrogen and oxygen atoms in total. The zero-order chi connectivity index (χ0) is 21.7. The molecule has 0 aromatic heterocycles. The van der Waals surface area contributed by atoms with E-state index in [0.717, 1.165) is 4.90 Å². The standard InChI is InChI=1S/C22H18N2O6/c1-3-11-30-17-6-4-5-14(12-17)13-18-19(25)23-22(28)24(20(18)26)16-9-7-15(8-10-16)21(27)29-2/h3-10,12-13H,1,11H2,2H3,(H,23,25,28)/b18-13-. The molecule has 1 aliphatic rings. The van der Waals surface area contributed by atoms with E-state index in [9.17, 15) is 19.2 Å². The van der Waals surface area contributed by atoms with Gasteiger partial charge in [-0.2, -0.15) is 0 Å². The highest BCUT2D eigenvalue weighted by Crippen LogP contribution is 2.23. The van der Waals surface area contributed by atoms with Crippen LogP contribution in [-0.4, -0.2) is 37.5 Å². The van der Waals surface area contributed by atoms with Crippen molar-refractivity contribution in [2.24, 2.45) is 0 Å². The largest absolute Gasteiger partial charge is 0.490 e. The zero-order valence-corrected chi connectivity index (χ0v) is 16.1. The van der Waals surface area contributed by atoms with Gasteiger partial charge in [0.05, 0.1) is 18.4 Å². The number of amides is 4. The van der Waals surface area contributed by atoms with Crippen molar-refractivity contribution in [1.82, 2.24) is 5.32 Å². The lowest BCUT2D eigenvalue weighted by molar-refractivity contribution is -0.122. The molecule has 8 heteroatoms. The van der Waals surface area contributed by atoms with Crippen molar-refractivity contribution in [3.05, 3.63) is 77.9 Å². The van der Waals surface area contributed by atoms with Crippen LogP contribution in [0.5, 0.6) is 5.75 Å². The van der Waals surface area contributed by atoms with Gasteiger partial charge in [-0.25, -0.2) is 14.5 Å². The third-order valence-electron chi connectivity index (χ3n) is 4.19. The van der Waals surface area contributed by atoms with Crippen molar-refractivity contribution in [2.45, 2.75) is 0 Å². The van der Waals surface area contributed by atoms with Crippen LogP contribution < -0.4 is 15.0 Å². The van der Waals surface area contributed by atoms with Crippen molar-refractivity contribution >= 4 is 35.6 Å². The van der Waals surface area contributed by atoms with E-state index in [1.54, 1.807) is 30.3 Å². The molecule has 0 saturated carbocycles. The van der Waals surface area contributed by atoms with E-state index in [0.29, 0.717) is 17.9 Å². The van der Waals surface area contributed by atoms with E-state index in [1.165, 1.54) is 37.5 Å². The molecule has 1 N–H and O–H groups in total. The van der Waals surface area contributed by atoms with Crippen molar-refractivity contribution in [2.75, 3.05) is 18.6 Å². The second-order valence-electron chi connectivity index (χ2n) is 6.17. The number of carbonyl (C=O) groups excluding carboxylic acids is 4. The number of ether oxygens (including phenoxy) is 2. The lowest BCUT2D eigenvalue weighted by Crippen LogP contribution is -2.54. The number of benzene rings is 2. The fraction of sp³-hybridized carbons (Fsp3) is 0.0909. The Bertz CT molecular complexity index is 1060. The number of barbiturate groups is 1. The number of hydrogen-bond acceptors (Lipinski definition) is 6. The number of esters is 1. The highest BCUT2D eigenvalue weighted by molar-refractivity contribution is 6.39. The number of rotatable bonds is 6. The summed E-state index contributed by atoms with van der Waals surface area (Å²) in [7, 11) is 1.25. The summed E-state index contributed by atoms with van der Waals surface area (Å²) in [5.41, 5.74) is 0.791. The minimum Gasteiger partial charge on any atom is -0.490 e. The number of anilines is 1. The molecule has 2 aromatic carbocycles. The van der Waals surface area contributed by atoms with Gasteiger partial charge in [0.25, 0.3) is 11.8 Å². The monoisotopic (exact) mass is 406 g/mol. The second kappa shape index (κ2) is 8.87.